The van der Waals surface area contributed by atoms with Gasteiger partial charge in [0.1, 0.15) is 12.1 Å². The topological polar surface area (TPSA) is 96.1 Å². The van der Waals surface area contributed by atoms with Crippen LogP contribution in [0.5, 0.6) is 0 Å². The van der Waals surface area contributed by atoms with Crippen molar-refractivity contribution in [2.24, 2.45) is 5.73 Å². The van der Waals surface area contributed by atoms with Crippen LogP contribution in [0.4, 0.5) is 16.2 Å². The maximum Gasteiger partial charge on any atom is 0.326 e. The van der Waals surface area contributed by atoms with E-state index in [0.29, 0.717) is 36.3 Å². The lowest BCUT2D eigenvalue weighted by Crippen LogP contribution is -2.35. The largest absolute Gasteiger partial charge is 0.456 e. The van der Waals surface area contributed by atoms with Crippen molar-refractivity contribution in [2.45, 2.75) is 31.4 Å². The van der Waals surface area contributed by atoms with Gasteiger partial charge in [0.15, 0.2) is 0 Å². The highest BCUT2D eigenvalue weighted by Gasteiger charge is 2.36. The van der Waals surface area contributed by atoms with E-state index < -0.39 is 24.1 Å². The Bertz CT molecular complexity index is 885. The number of amides is 2. The maximum absolute atomic E-state index is 12.6. The maximum atomic E-state index is 12.6. The molecule has 7 nitrogen and oxygen atoms in total. The van der Waals surface area contributed by atoms with Gasteiger partial charge in [-0.2, -0.15) is 5.06 Å². The number of nitrogens with two attached hydrogens (primary N) is 1. The molecule has 2 heterocycles. The molecule has 0 spiro atoms. The third kappa shape index (κ3) is 3.15. The van der Waals surface area contributed by atoms with Crippen molar-refractivity contribution in [1.29, 1.82) is 0 Å². The summed E-state index contributed by atoms with van der Waals surface area (Å²) in [5, 5.41) is 10.9. The zero-order chi connectivity index (χ0) is 19.0. The van der Waals surface area contributed by atoms with Crippen LogP contribution in [-0.4, -0.2) is 34.9 Å². The number of nitrogens with zero attached hydrogens (tertiary/aromatic N) is 2. The van der Waals surface area contributed by atoms with E-state index in [1.54, 1.807) is 6.07 Å². The van der Waals surface area contributed by atoms with Crippen molar-refractivity contribution in [3.63, 3.8) is 0 Å². The first-order valence-electron chi connectivity index (χ1n) is 8.98. The number of hydrogen-bond donors (Lipinski definition) is 2. The van der Waals surface area contributed by atoms with Gasteiger partial charge in [-0.25, -0.2) is 4.79 Å². The zero-order valence-corrected chi connectivity index (χ0v) is 14.7. The first-order valence-corrected chi connectivity index (χ1v) is 8.98. The molecule has 4 rings (SSSR count). The fourth-order valence-electron chi connectivity index (χ4n) is 3.86. The van der Waals surface area contributed by atoms with Crippen molar-refractivity contribution in [3.8, 4) is 0 Å². The SMILES string of the molecule is NC(=O)N1c2ccccc2C[C@H](OC(=O)[C@H]2CCCN2O)c2ccccc21. The fourth-order valence-corrected chi connectivity index (χ4v) is 3.86. The van der Waals surface area contributed by atoms with Crippen LogP contribution in [0.1, 0.15) is 30.1 Å². The molecule has 7 heteroatoms. The average Bonchev–Trinajstić information content (AvgIpc) is 3.03. The van der Waals surface area contributed by atoms with Crippen molar-refractivity contribution in [1.82, 2.24) is 5.06 Å². The van der Waals surface area contributed by atoms with E-state index in [9.17, 15) is 14.8 Å². The highest BCUT2D eigenvalue weighted by molar-refractivity contribution is 6.00. The van der Waals surface area contributed by atoms with Crippen LogP contribution >= 0.6 is 0 Å². The minimum atomic E-state index is -0.650. The molecule has 2 aromatic carbocycles. The molecule has 140 valence electrons. The molecule has 2 amide bonds. The number of carbonyl (C=O) groups is 2. The van der Waals surface area contributed by atoms with Crippen LogP contribution in [0.2, 0.25) is 0 Å². The molecule has 2 aliphatic rings. The first-order chi connectivity index (χ1) is 13.1. The lowest BCUT2D eigenvalue weighted by molar-refractivity contribution is -0.172. The Morgan fingerprint density at radius 3 is 2.48 bits per heavy atom. The Hall–Kier alpha value is -2.90. The molecule has 0 unspecified atom stereocenters. The summed E-state index contributed by atoms with van der Waals surface area (Å²) in [6, 6.07) is 13.5. The normalized spacial score (nSPS) is 21.9. The van der Waals surface area contributed by atoms with E-state index in [1.807, 2.05) is 42.5 Å². The van der Waals surface area contributed by atoms with Crippen molar-refractivity contribution in [3.05, 3.63) is 59.7 Å². The number of urea groups is 1. The smallest absolute Gasteiger partial charge is 0.326 e. The second-order valence-electron chi connectivity index (χ2n) is 6.81. The van der Waals surface area contributed by atoms with Crippen LogP contribution < -0.4 is 10.6 Å². The molecule has 2 aliphatic heterocycles. The first kappa shape index (κ1) is 17.5. The number of rotatable bonds is 2. The lowest BCUT2D eigenvalue weighted by Gasteiger charge is -2.24. The van der Waals surface area contributed by atoms with E-state index in [-0.39, 0.29) is 0 Å². The van der Waals surface area contributed by atoms with Gasteiger partial charge in [-0.05, 0) is 30.5 Å². The fraction of sp³-hybridized carbons (Fsp3) is 0.300. The Labute approximate surface area is 156 Å². The second kappa shape index (κ2) is 7.02. The predicted octanol–water partition coefficient (Wildman–Crippen LogP) is 2.90. The third-order valence-electron chi connectivity index (χ3n) is 5.14. The zero-order valence-electron chi connectivity index (χ0n) is 14.7. The molecule has 0 radical (unpaired) electrons. The van der Waals surface area contributed by atoms with Gasteiger partial charge < -0.3 is 15.7 Å². The summed E-state index contributed by atoms with van der Waals surface area (Å²) in [4.78, 5) is 26.3. The van der Waals surface area contributed by atoms with Gasteiger partial charge in [0, 0.05) is 18.5 Å². The third-order valence-corrected chi connectivity index (χ3v) is 5.14. The average molecular weight is 367 g/mol. The van der Waals surface area contributed by atoms with Gasteiger partial charge >= 0.3 is 12.0 Å². The van der Waals surface area contributed by atoms with Crippen molar-refractivity contribution < 1.29 is 19.5 Å². The molecular weight excluding hydrogens is 346 g/mol. The van der Waals surface area contributed by atoms with Gasteiger partial charge in [0.05, 0.1) is 11.4 Å². The molecule has 2 aromatic rings. The Balaban J connectivity index is 1.75. The van der Waals surface area contributed by atoms with Crippen LogP contribution in [0, 0.1) is 0 Å². The number of hydrogen-bond acceptors (Lipinski definition) is 5. The summed E-state index contributed by atoms with van der Waals surface area (Å²) >= 11 is 0. The summed E-state index contributed by atoms with van der Waals surface area (Å²) in [6.45, 7) is 0.458. The van der Waals surface area contributed by atoms with E-state index in [1.165, 1.54) is 4.90 Å². The molecule has 0 aliphatic carbocycles. The molecule has 3 N–H and O–H groups in total. The number of hydroxylamine groups is 2. The summed E-state index contributed by atoms with van der Waals surface area (Å²) in [5.74, 6) is -0.459. The molecule has 2 atom stereocenters. The number of para-hydroxylation sites is 2. The van der Waals surface area contributed by atoms with Gasteiger partial charge in [0.2, 0.25) is 0 Å². The number of carbonyl (C=O) groups excluding carboxylic acids is 2. The minimum Gasteiger partial charge on any atom is -0.456 e. The van der Waals surface area contributed by atoms with Crippen LogP contribution in [-0.2, 0) is 16.0 Å². The van der Waals surface area contributed by atoms with Gasteiger partial charge in [-0.15, -0.1) is 0 Å². The Morgan fingerprint density at radius 2 is 1.78 bits per heavy atom. The number of ether oxygens (including phenoxy) is 1. The Morgan fingerprint density at radius 1 is 1.07 bits per heavy atom. The molecule has 0 aromatic heterocycles. The van der Waals surface area contributed by atoms with Crippen LogP contribution in [0.15, 0.2) is 48.5 Å². The molecule has 1 fully saturated rings. The van der Waals surface area contributed by atoms with Crippen molar-refractivity contribution in [2.75, 3.05) is 11.4 Å². The van der Waals surface area contributed by atoms with E-state index >= 15 is 0 Å². The summed E-state index contributed by atoms with van der Waals surface area (Å²) in [5.41, 5.74) is 8.52. The highest BCUT2D eigenvalue weighted by Crippen LogP contribution is 2.41. The van der Waals surface area contributed by atoms with Crippen molar-refractivity contribution >= 4 is 23.4 Å². The number of esters is 1. The lowest BCUT2D eigenvalue weighted by atomic mass is 10.0. The second-order valence-corrected chi connectivity index (χ2v) is 6.81. The van der Waals surface area contributed by atoms with Gasteiger partial charge in [0.25, 0.3) is 0 Å². The number of primary amides is 1. The number of anilines is 2. The summed E-state index contributed by atoms with van der Waals surface area (Å²) in [7, 11) is 0. The summed E-state index contributed by atoms with van der Waals surface area (Å²) < 4.78 is 5.82. The molecule has 1 saturated heterocycles. The predicted molar refractivity (Wildman–Crippen MR) is 98.7 cm³/mol. The van der Waals surface area contributed by atoms with E-state index in [4.69, 9.17) is 10.5 Å². The molecular formula is C20H21N3O4. The number of benzene rings is 2. The minimum absolute atomic E-state index is 0.418. The molecule has 27 heavy (non-hydrogen) atoms. The van der Waals surface area contributed by atoms with E-state index in [0.717, 1.165) is 17.0 Å². The van der Waals surface area contributed by atoms with Gasteiger partial charge in [-0.3, -0.25) is 9.69 Å². The molecule has 0 saturated carbocycles. The van der Waals surface area contributed by atoms with Gasteiger partial charge in [-0.1, -0.05) is 36.4 Å². The Kier molecular flexibility index (Phi) is 4.55. The monoisotopic (exact) mass is 367 g/mol. The quantitative estimate of drug-likeness (QED) is 0.796. The van der Waals surface area contributed by atoms with Crippen LogP contribution in [0.3, 0.4) is 0 Å². The molecule has 0 bridgehead atoms. The highest BCUT2D eigenvalue weighted by atomic mass is 16.6. The number of fused-ring (bicyclic) bond motifs is 2. The standard InChI is InChI=1S/C20H21N3O4/c21-20(25)23-15-8-3-1-6-13(15)12-18(14-7-2-4-9-16(14)23)27-19(24)17-10-5-11-22(17)26/h1-4,6-9,17-18,26H,5,10-12H2,(H2,21,25)/t17-,18+/m1/s1. The van der Waals surface area contributed by atoms with E-state index in [2.05, 4.69) is 0 Å². The van der Waals surface area contributed by atoms with Crippen LogP contribution in [0.25, 0.3) is 0 Å². The summed E-state index contributed by atoms with van der Waals surface area (Å²) in [6.07, 6.45) is 1.15.